The van der Waals surface area contributed by atoms with Crippen molar-refractivity contribution in [3.8, 4) is 0 Å². The molecule has 0 spiro atoms. The molecule has 0 bridgehead atoms. The highest BCUT2D eigenvalue weighted by Crippen LogP contribution is 2.21. The SMILES string of the molecule is CC(C)OC(=O)NS(=O)(=O)Nc1ccc(Br)c(C(=O)O)c1. The molecule has 0 saturated heterocycles. The molecule has 1 aromatic carbocycles. The molecular formula is C11H13BrN2O6S. The van der Waals surface area contributed by atoms with Gasteiger partial charge in [0.15, 0.2) is 0 Å². The van der Waals surface area contributed by atoms with Crippen LogP contribution in [0.15, 0.2) is 22.7 Å². The van der Waals surface area contributed by atoms with Crippen LogP contribution in [0, 0.1) is 0 Å². The number of carboxylic acids is 1. The lowest BCUT2D eigenvalue weighted by atomic mass is 10.2. The maximum Gasteiger partial charge on any atom is 0.422 e. The van der Waals surface area contributed by atoms with Crippen LogP contribution >= 0.6 is 15.9 Å². The Kier molecular flexibility index (Phi) is 5.55. The van der Waals surface area contributed by atoms with Gasteiger partial charge >= 0.3 is 22.3 Å². The number of halogens is 1. The lowest BCUT2D eigenvalue weighted by Gasteiger charge is -2.12. The minimum atomic E-state index is -4.22. The summed E-state index contributed by atoms with van der Waals surface area (Å²) in [5.41, 5.74) is -0.139. The van der Waals surface area contributed by atoms with Crippen LogP contribution in [0.4, 0.5) is 10.5 Å². The third-order valence-corrected chi connectivity index (χ3v) is 3.64. The molecule has 1 amide bonds. The van der Waals surface area contributed by atoms with Gasteiger partial charge in [-0.25, -0.2) is 14.3 Å². The minimum Gasteiger partial charge on any atom is -0.478 e. The number of amides is 1. The van der Waals surface area contributed by atoms with Crippen molar-refractivity contribution in [3.05, 3.63) is 28.2 Å². The summed E-state index contributed by atoms with van der Waals surface area (Å²) in [5.74, 6) is -1.23. The molecule has 0 unspecified atom stereocenters. The largest absolute Gasteiger partial charge is 0.478 e. The Labute approximate surface area is 129 Å². The van der Waals surface area contributed by atoms with Crippen molar-refractivity contribution in [2.45, 2.75) is 20.0 Å². The Hall–Kier alpha value is -1.81. The smallest absolute Gasteiger partial charge is 0.422 e. The van der Waals surface area contributed by atoms with Crippen LogP contribution in [-0.2, 0) is 14.9 Å². The van der Waals surface area contributed by atoms with Crippen molar-refractivity contribution < 1.29 is 27.9 Å². The van der Waals surface area contributed by atoms with Crippen LogP contribution in [0.1, 0.15) is 24.2 Å². The molecule has 116 valence electrons. The number of carboxylic acid groups (broad SMARTS) is 1. The van der Waals surface area contributed by atoms with E-state index in [9.17, 15) is 18.0 Å². The number of anilines is 1. The van der Waals surface area contributed by atoms with E-state index in [-0.39, 0.29) is 11.3 Å². The zero-order chi connectivity index (χ0) is 16.2. The summed E-state index contributed by atoms with van der Waals surface area (Å²) in [4.78, 5) is 22.2. The van der Waals surface area contributed by atoms with E-state index in [1.807, 2.05) is 4.72 Å². The zero-order valence-corrected chi connectivity index (χ0v) is 13.5. The number of benzene rings is 1. The van der Waals surface area contributed by atoms with Gasteiger partial charge < -0.3 is 9.84 Å². The van der Waals surface area contributed by atoms with E-state index in [0.29, 0.717) is 4.47 Å². The Bertz CT molecular complexity index is 659. The average molecular weight is 381 g/mol. The van der Waals surface area contributed by atoms with Crippen molar-refractivity contribution in [1.29, 1.82) is 0 Å². The standard InChI is InChI=1S/C11H13BrN2O6S/c1-6(2)20-11(17)14-21(18,19)13-7-3-4-9(12)8(5-7)10(15)16/h3-6,13H,1-2H3,(H,14,17)(H,15,16). The Balaban J connectivity index is 2.87. The fraction of sp³-hybridized carbons (Fsp3) is 0.273. The molecular weight excluding hydrogens is 368 g/mol. The number of aromatic carboxylic acids is 1. The van der Waals surface area contributed by atoms with Gasteiger partial charge in [0.2, 0.25) is 0 Å². The summed E-state index contributed by atoms with van der Waals surface area (Å²) in [6.07, 6.45) is -1.61. The first-order valence-corrected chi connectivity index (χ1v) is 7.92. The normalized spacial score (nSPS) is 11.0. The average Bonchev–Trinajstić information content (AvgIpc) is 2.28. The maximum atomic E-state index is 11.7. The fourth-order valence-electron chi connectivity index (χ4n) is 1.28. The Morgan fingerprint density at radius 2 is 1.95 bits per heavy atom. The summed E-state index contributed by atoms with van der Waals surface area (Å²) >= 11 is 3.03. The highest BCUT2D eigenvalue weighted by Gasteiger charge is 2.17. The van der Waals surface area contributed by atoms with Crippen LogP contribution in [0.2, 0.25) is 0 Å². The van der Waals surface area contributed by atoms with Gasteiger partial charge in [-0.15, -0.1) is 0 Å². The second-order valence-corrected chi connectivity index (χ2v) is 6.43. The molecule has 0 heterocycles. The van der Waals surface area contributed by atoms with Crippen molar-refractivity contribution in [2.75, 3.05) is 4.72 Å². The molecule has 1 aromatic rings. The van der Waals surface area contributed by atoms with E-state index in [0.717, 1.165) is 6.07 Å². The van der Waals surface area contributed by atoms with E-state index in [4.69, 9.17) is 5.11 Å². The molecule has 0 aromatic heterocycles. The second-order valence-electron chi connectivity index (χ2n) is 4.16. The summed E-state index contributed by atoms with van der Waals surface area (Å²) < 4.78 is 31.9. The molecule has 3 N–H and O–H groups in total. The van der Waals surface area contributed by atoms with Crippen LogP contribution < -0.4 is 9.44 Å². The summed E-state index contributed by atoms with van der Waals surface area (Å²) in [5, 5.41) is 8.94. The molecule has 0 radical (unpaired) electrons. The van der Waals surface area contributed by atoms with E-state index < -0.39 is 28.4 Å². The highest BCUT2D eigenvalue weighted by molar-refractivity contribution is 9.10. The van der Waals surface area contributed by atoms with Gasteiger partial charge in [-0.05, 0) is 48.0 Å². The monoisotopic (exact) mass is 380 g/mol. The quantitative estimate of drug-likeness (QED) is 0.717. The molecule has 0 aliphatic heterocycles. The van der Waals surface area contributed by atoms with Gasteiger partial charge in [-0.3, -0.25) is 4.72 Å². The van der Waals surface area contributed by atoms with Gasteiger partial charge in [0.05, 0.1) is 17.4 Å². The number of carbonyl (C=O) groups is 2. The number of ether oxygens (including phenoxy) is 1. The predicted octanol–water partition coefficient (Wildman–Crippen LogP) is 1.94. The van der Waals surface area contributed by atoms with E-state index >= 15 is 0 Å². The van der Waals surface area contributed by atoms with Crippen molar-refractivity contribution in [3.63, 3.8) is 0 Å². The maximum absolute atomic E-state index is 11.7. The Morgan fingerprint density at radius 3 is 2.48 bits per heavy atom. The van der Waals surface area contributed by atoms with Crippen molar-refractivity contribution in [1.82, 2.24) is 4.72 Å². The molecule has 8 nitrogen and oxygen atoms in total. The summed E-state index contributed by atoms with van der Waals surface area (Å²) in [7, 11) is -4.22. The second kappa shape index (κ2) is 6.76. The number of carbonyl (C=O) groups excluding carboxylic acids is 1. The van der Waals surface area contributed by atoms with Gasteiger partial charge in [0, 0.05) is 4.47 Å². The Morgan fingerprint density at radius 1 is 1.33 bits per heavy atom. The highest BCUT2D eigenvalue weighted by atomic mass is 79.9. The van der Waals surface area contributed by atoms with Crippen LogP contribution in [0.3, 0.4) is 0 Å². The third kappa shape index (κ3) is 5.60. The lowest BCUT2D eigenvalue weighted by molar-refractivity contribution is 0.0695. The molecule has 0 aliphatic rings. The van der Waals surface area contributed by atoms with E-state index in [1.54, 1.807) is 18.6 Å². The number of rotatable bonds is 5. The number of hydrogen-bond donors (Lipinski definition) is 3. The molecule has 0 saturated carbocycles. The van der Waals surface area contributed by atoms with E-state index in [2.05, 4.69) is 20.7 Å². The van der Waals surface area contributed by atoms with Crippen LogP contribution in [0.5, 0.6) is 0 Å². The first-order valence-electron chi connectivity index (χ1n) is 5.64. The first kappa shape index (κ1) is 17.2. The zero-order valence-electron chi connectivity index (χ0n) is 11.1. The number of nitrogens with one attached hydrogen (secondary N) is 2. The molecule has 21 heavy (non-hydrogen) atoms. The van der Waals surface area contributed by atoms with Crippen LogP contribution in [-0.4, -0.2) is 31.7 Å². The third-order valence-electron chi connectivity index (χ3n) is 2.01. The van der Waals surface area contributed by atoms with Gasteiger partial charge in [-0.2, -0.15) is 8.42 Å². The lowest BCUT2D eigenvalue weighted by Crippen LogP contribution is -2.36. The minimum absolute atomic E-state index is 0.0135. The van der Waals surface area contributed by atoms with Crippen LogP contribution in [0.25, 0.3) is 0 Å². The van der Waals surface area contributed by atoms with Crippen molar-refractivity contribution in [2.24, 2.45) is 0 Å². The first-order chi connectivity index (χ1) is 9.60. The summed E-state index contributed by atoms with van der Waals surface area (Å²) in [6, 6.07) is 3.82. The molecule has 1 rings (SSSR count). The predicted molar refractivity (Wildman–Crippen MR) is 78.4 cm³/mol. The van der Waals surface area contributed by atoms with Crippen molar-refractivity contribution >= 4 is 43.9 Å². The molecule has 0 atom stereocenters. The molecule has 10 heteroatoms. The summed E-state index contributed by atoms with van der Waals surface area (Å²) in [6.45, 7) is 3.13. The van der Waals surface area contributed by atoms with Gasteiger partial charge in [-0.1, -0.05) is 0 Å². The number of hydrogen-bond acceptors (Lipinski definition) is 5. The topological polar surface area (TPSA) is 122 Å². The molecule has 0 fully saturated rings. The van der Waals surface area contributed by atoms with Gasteiger partial charge in [0.1, 0.15) is 0 Å². The van der Waals surface area contributed by atoms with E-state index in [1.165, 1.54) is 12.1 Å². The van der Waals surface area contributed by atoms with Gasteiger partial charge in [0.25, 0.3) is 0 Å². The fourth-order valence-corrected chi connectivity index (χ4v) is 2.45. The molecule has 0 aliphatic carbocycles.